The van der Waals surface area contributed by atoms with Crippen molar-refractivity contribution in [3.05, 3.63) is 66.2 Å². The zero-order valence-electron chi connectivity index (χ0n) is 13.0. The summed E-state index contributed by atoms with van der Waals surface area (Å²) < 4.78 is 30.5. The van der Waals surface area contributed by atoms with E-state index in [-0.39, 0.29) is 18.2 Å². The van der Waals surface area contributed by atoms with Crippen LogP contribution < -0.4 is 10.1 Å². The van der Waals surface area contributed by atoms with E-state index in [1.54, 1.807) is 41.3 Å². The Morgan fingerprint density at radius 1 is 1.32 bits per heavy atom. The van der Waals surface area contributed by atoms with Crippen LogP contribution in [0.1, 0.15) is 22.0 Å². The zero-order chi connectivity index (χ0) is 17.8. The van der Waals surface area contributed by atoms with Crippen molar-refractivity contribution in [1.29, 1.82) is 0 Å². The van der Waals surface area contributed by atoms with Crippen LogP contribution in [0.3, 0.4) is 0 Å². The van der Waals surface area contributed by atoms with E-state index in [0.717, 1.165) is 5.52 Å². The van der Waals surface area contributed by atoms with Crippen LogP contribution in [-0.2, 0) is 0 Å². The van der Waals surface area contributed by atoms with Gasteiger partial charge in [-0.1, -0.05) is 12.1 Å². The number of carbonyl (C=O) groups is 1. The predicted molar refractivity (Wildman–Crippen MR) is 85.6 cm³/mol. The van der Waals surface area contributed by atoms with E-state index in [9.17, 15) is 18.7 Å². The first-order valence-corrected chi connectivity index (χ1v) is 7.45. The number of nitrogens with zero attached hydrogens (tertiary/aromatic N) is 2. The van der Waals surface area contributed by atoms with Crippen molar-refractivity contribution in [2.45, 2.75) is 12.7 Å². The molecule has 1 unspecified atom stereocenters. The third kappa shape index (κ3) is 4.10. The molecule has 0 saturated carbocycles. The van der Waals surface area contributed by atoms with Crippen LogP contribution in [0.4, 0.5) is 8.78 Å². The predicted octanol–water partition coefficient (Wildman–Crippen LogP) is 2.40. The highest BCUT2D eigenvalue weighted by Crippen LogP contribution is 2.20. The molecule has 1 atom stereocenters. The zero-order valence-corrected chi connectivity index (χ0v) is 13.0. The molecule has 0 bridgehead atoms. The van der Waals surface area contributed by atoms with Gasteiger partial charge in [0.15, 0.2) is 0 Å². The summed E-state index contributed by atoms with van der Waals surface area (Å²) in [5.74, 6) is -0.410. The fraction of sp³-hybridized carbons (Fsp3) is 0.176. The van der Waals surface area contributed by atoms with Crippen LogP contribution in [0.25, 0.3) is 5.52 Å². The fourth-order valence-corrected chi connectivity index (χ4v) is 2.37. The van der Waals surface area contributed by atoms with Gasteiger partial charge in [0.25, 0.3) is 5.91 Å². The van der Waals surface area contributed by atoms with Gasteiger partial charge >= 0.3 is 6.61 Å². The van der Waals surface area contributed by atoms with Gasteiger partial charge in [-0.2, -0.15) is 8.78 Å². The minimum Gasteiger partial charge on any atom is -0.435 e. The molecule has 3 aromatic rings. The van der Waals surface area contributed by atoms with Crippen LogP contribution in [-0.4, -0.2) is 33.6 Å². The van der Waals surface area contributed by atoms with Crippen molar-refractivity contribution in [3.63, 3.8) is 0 Å². The lowest BCUT2D eigenvalue weighted by molar-refractivity contribution is -0.0499. The number of pyridine rings is 1. The summed E-state index contributed by atoms with van der Waals surface area (Å²) in [6.07, 6.45) is 3.90. The highest BCUT2D eigenvalue weighted by atomic mass is 19.3. The summed E-state index contributed by atoms with van der Waals surface area (Å²) in [7, 11) is 0. The standard InChI is InChI=1S/C17H15F2N3O3/c18-17(19)25-14-3-1-2-11(7-14)15(23)9-21-16(24)12-4-5-22-10-20-8-13(22)6-12/h1-8,10,15,17,23H,9H2,(H,21,24). The Morgan fingerprint density at radius 2 is 2.16 bits per heavy atom. The number of aromatic nitrogens is 2. The van der Waals surface area contributed by atoms with Crippen molar-refractivity contribution in [2.75, 3.05) is 6.54 Å². The molecule has 0 aliphatic rings. The number of rotatable bonds is 6. The van der Waals surface area contributed by atoms with Crippen molar-refractivity contribution in [2.24, 2.45) is 0 Å². The second-order valence-corrected chi connectivity index (χ2v) is 5.32. The molecule has 0 aliphatic carbocycles. The number of hydrogen-bond donors (Lipinski definition) is 2. The van der Waals surface area contributed by atoms with Gasteiger partial charge in [0.1, 0.15) is 5.75 Å². The van der Waals surface area contributed by atoms with Gasteiger partial charge in [-0.15, -0.1) is 0 Å². The normalized spacial score (nSPS) is 12.3. The molecule has 0 radical (unpaired) electrons. The number of aliphatic hydroxyl groups is 1. The SMILES string of the molecule is O=C(NCC(O)c1cccc(OC(F)F)c1)c1ccn2cncc2c1. The maximum absolute atomic E-state index is 12.2. The third-order valence-corrected chi connectivity index (χ3v) is 3.60. The number of carbonyl (C=O) groups excluding carboxylic acids is 1. The first-order chi connectivity index (χ1) is 12.0. The van der Waals surface area contributed by atoms with Gasteiger partial charge in [0.2, 0.25) is 0 Å². The quantitative estimate of drug-likeness (QED) is 0.718. The van der Waals surface area contributed by atoms with Gasteiger partial charge in [0.05, 0.1) is 24.1 Å². The molecule has 3 rings (SSSR count). The molecule has 2 heterocycles. The van der Waals surface area contributed by atoms with Crippen LogP contribution in [0.15, 0.2) is 55.1 Å². The summed E-state index contributed by atoms with van der Waals surface area (Å²) in [6.45, 7) is -3.01. The number of hydrogen-bond acceptors (Lipinski definition) is 4. The van der Waals surface area contributed by atoms with Gasteiger partial charge in [-0.3, -0.25) is 4.79 Å². The Balaban J connectivity index is 1.63. The lowest BCUT2D eigenvalue weighted by atomic mass is 10.1. The summed E-state index contributed by atoms with van der Waals surface area (Å²) >= 11 is 0. The minimum atomic E-state index is -2.94. The van der Waals surface area contributed by atoms with Crippen LogP contribution in [0.5, 0.6) is 5.75 Å². The smallest absolute Gasteiger partial charge is 0.387 e. The van der Waals surface area contributed by atoms with E-state index in [1.807, 2.05) is 0 Å². The molecule has 6 nitrogen and oxygen atoms in total. The topological polar surface area (TPSA) is 75.9 Å². The maximum Gasteiger partial charge on any atom is 0.387 e. The maximum atomic E-state index is 12.2. The second-order valence-electron chi connectivity index (χ2n) is 5.32. The molecular formula is C17H15F2N3O3. The number of fused-ring (bicyclic) bond motifs is 1. The van der Waals surface area contributed by atoms with E-state index in [4.69, 9.17) is 0 Å². The molecule has 0 saturated heterocycles. The van der Waals surface area contributed by atoms with E-state index in [2.05, 4.69) is 15.0 Å². The Kier molecular flexibility index (Phi) is 4.90. The first-order valence-electron chi connectivity index (χ1n) is 7.45. The number of halogens is 2. The van der Waals surface area contributed by atoms with Gasteiger partial charge in [-0.25, -0.2) is 4.98 Å². The summed E-state index contributed by atoms with van der Waals surface area (Å²) in [4.78, 5) is 16.2. The van der Waals surface area contributed by atoms with Crippen molar-refractivity contribution in [3.8, 4) is 5.75 Å². The molecule has 0 spiro atoms. The number of alkyl halides is 2. The number of ether oxygens (including phenoxy) is 1. The van der Waals surface area contributed by atoms with Gasteiger partial charge < -0.3 is 19.6 Å². The molecular weight excluding hydrogens is 332 g/mol. The molecule has 0 aliphatic heterocycles. The van der Waals surface area contributed by atoms with Crippen LogP contribution >= 0.6 is 0 Å². The third-order valence-electron chi connectivity index (χ3n) is 3.60. The van der Waals surface area contributed by atoms with E-state index in [1.165, 1.54) is 18.2 Å². The summed E-state index contributed by atoms with van der Waals surface area (Å²) in [5.41, 5.74) is 1.56. The number of benzene rings is 1. The average Bonchev–Trinajstić information content (AvgIpc) is 3.06. The number of nitrogens with one attached hydrogen (secondary N) is 1. The average molecular weight is 347 g/mol. The highest BCUT2D eigenvalue weighted by molar-refractivity contribution is 5.95. The lowest BCUT2D eigenvalue weighted by Crippen LogP contribution is -2.28. The molecule has 8 heteroatoms. The largest absolute Gasteiger partial charge is 0.435 e. The monoisotopic (exact) mass is 347 g/mol. The number of imidazole rings is 1. The van der Waals surface area contributed by atoms with E-state index in [0.29, 0.717) is 11.1 Å². The molecule has 1 amide bonds. The highest BCUT2D eigenvalue weighted by Gasteiger charge is 2.13. The first kappa shape index (κ1) is 16.8. The van der Waals surface area contributed by atoms with Crippen molar-refractivity contribution >= 4 is 11.4 Å². The molecule has 25 heavy (non-hydrogen) atoms. The Bertz CT molecular complexity index is 882. The molecule has 0 fully saturated rings. The second kappa shape index (κ2) is 7.27. The Morgan fingerprint density at radius 3 is 2.96 bits per heavy atom. The lowest BCUT2D eigenvalue weighted by Gasteiger charge is -2.14. The molecule has 2 aromatic heterocycles. The molecule has 2 N–H and O–H groups in total. The molecule has 130 valence electrons. The van der Waals surface area contributed by atoms with Gasteiger partial charge in [-0.05, 0) is 29.8 Å². The van der Waals surface area contributed by atoms with Crippen LogP contribution in [0.2, 0.25) is 0 Å². The van der Waals surface area contributed by atoms with Crippen molar-refractivity contribution < 1.29 is 23.4 Å². The van der Waals surface area contributed by atoms with Crippen molar-refractivity contribution in [1.82, 2.24) is 14.7 Å². The summed E-state index contributed by atoms with van der Waals surface area (Å²) in [6, 6.07) is 9.03. The number of amides is 1. The van der Waals surface area contributed by atoms with Gasteiger partial charge in [0, 0.05) is 18.3 Å². The number of aliphatic hydroxyl groups excluding tert-OH is 1. The Labute approximate surface area is 141 Å². The summed E-state index contributed by atoms with van der Waals surface area (Å²) in [5, 5.41) is 12.7. The van der Waals surface area contributed by atoms with Crippen LogP contribution in [0, 0.1) is 0 Å². The minimum absolute atomic E-state index is 0.0518. The fourth-order valence-electron chi connectivity index (χ4n) is 2.37. The van der Waals surface area contributed by atoms with E-state index >= 15 is 0 Å². The van der Waals surface area contributed by atoms with E-state index < -0.39 is 12.7 Å². The Hall–Kier alpha value is -3.00. The molecule has 1 aromatic carbocycles.